The first-order valence-electron chi connectivity index (χ1n) is 5.84. The van der Waals surface area contributed by atoms with Gasteiger partial charge in [0.25, 0.3) is 0 Å². The number of likely N-dealkylation sites (N-methyl/N-ethyl adjacent to an activating group) is 1. The number of nitrogens with two attached hydrogens (primary N) is 1. The molecule has 0 radical (unpaired) electrons. The van der Waals surface area contributed by atoms with Gasteiger partial charge in [-0.15, -0.1) is 0 Å². The Labute approximate surface area is 111 Å². The van der Waals surface area contributed by atoms with Crippen molar-refractivity contribution in [2.75, 3.05) is 20.8 Å². The summed E-state index contributed by atoms with van der Waals surface area (Å²) in [5.41, 5.74) is 6.15. The molecule has 0 aliphatic rings. The summed E-state index contributed by atoms with van der Waals surface area (Å²) < 4.78 is 30.8. The third-order valence-electron chi connectivity index (χ3n) is 3.02. The van der Waals surface area contributed by atoms with Crippen LogP contribution in [0.15, 0.2) is 18.2 Å². The maximum atomic E-state index is 13.2. The second-order valence-corrected chi connectivity index (χ2v) is 4.36. The number of rotatable bonds is 5. The first-order chi connectivity index (χ1) is 8.88. The normalized spacial score (nSPS) is 14.0. The lowest BCUT2D eigenvalue weighted by atomic mass is 10.1. The van der Waals surface area contributed by atoms with Crippen molar-refractivity contribution in [3.8, 4) is 0 Å². The quantitative estimate of drug-likeness (QED) is 0.883. The molecular weight excluding hydrogens is 254 g/mol. The van der Waals surface area contributed by atoms with Crippen LogP contribution in [-0.2, 0) is 9.53 Å². The predicted molar refractivity (Wildman–Crippen MR) is 67.4 cm³/mol. The molecule has 0 aromatic heterocycles. The van der Waals surface area contributed by atoms with Crippen molar-refractivity contribution in [3.63, 3.8) is 0 Å². The zero-order valence-corrected chi connectivity index (χ0v) is 11.2. The Balaban J connectivity index is 2.83. The predicted octanol–water partition coefficient (Wildman–Crippen LogP) is 1.46. The fraction of sp³-hybridized carbons (Fsp3) is 0.462. The largest absolute Gasteiger partial charge is 0.383 e. The third kappa shape index (κ3) is 3.71. The topological polar surface area (TPSA) is 55.6 Å². The zero-order chi connectivity index (χ0) is 14.6. The standard InChI is InChI=1S/C13H18F2N2O2/c1-8(9-4-5-10(14)11(15)6-9)17(2)13(18)12(16)7-19-3/h4-6,8,12H,7,16H2,1-3H3. The van der Waals surface area contributed by atoms with Gasteiger partial charge < -0.3 is 15.4 Å². The van der Waals surface area contributed by atoms with E-state index in [1.807, 2.05) is 0 Å². The number of hydrogen-bond acceptors (Lipinski definition) is 3. The molecule has 0 spiro atoms. The van der Waals surface area contributed by atoms with Crippen LogP contribution < -0.4 is 5.73 Å². The third-order valence-corrected chi connectivity index (χ3v) is 3.02. The lowest BCUT2D eigenvalue weighted by Crippen LogP contribution is -2.45. The second kappa shape index (κ2) is 6.58. The molecule has 1 rings (SSSR count). The molecule has 2 unspecified atom stereocenters. The summed E-state index contributed by atoms with van der Waals surface area (Å²) in [6, 6.07) is 2.36. The van der Waals surface area contributed by atoms with Gasteiger partial charge in [0.05, 0.1) is 12.6 Å². The molecule has 0 heterocycles. The maximum absolute atomic E-state index is 13.2. The highest BCUT2D eigenvalue weighted by atomic mass is 19.2. The molecule has 0 aliphatic carbocycles. The van der Waals surface area contributed by atoms with E-state index in [9.17, 15) is 13.6 Å². The first kappa shape index (κ1) is 15.5. The fourth-order valence-corrected chi connectivity index (χ4v) is 1.70. The van der Waals surface area contributed by atoms with E-state index in [1.54, 1.807) is 14.0 Å². The Morgan fingerprint density at radius 1 is 1.42 bits per heavy atom. The summed E-state index contributed by atoms with van der Waals surface area (Å²) in [5, 5.41) is 0. The van der Waals surface area contributed by atoms with Crippen LogP contribution in [0.25, 0.3) is 0 Å². The molecule has 0 bridgehead atoms. The van der Waals surface area contributed by atoms with Crippen molar-refractivity contribution in [1.82, 2.24) is 4.90 Å². The molecule has 2 atom stereocenters. The lowest BCUT2D eigenvalue weighted by Gasteiger charge is -2.27. The van der Waals surface area contributed by atoms with Crippen molar-refractivity contribution in [3.05, 3.63) is 35.4 Å². The van der Waals surface area contributed by atoms with Gasteiger partial charge in [0, 0.05) is 14.2 Å². The van der Waals surface area contributed by atoms with E-state index in [0.717, 1.165) is 12.1 Å². The van der Waals surface area contributed by atoms with Gasteiger partial charge in [-0.1, -0.05) is 6.07 Å². The van der Waals surface area contributed by atoms with Crippen LogP contribution in [0.1, 0.15) is 18.5 Å². The Bertz CT molecular complexity index is 454. The molecule has 6 heteroatoms. The number of halogens is 2. The van der Waals surface area contributed by atoms with Crippen molar-refractivity contribution >= 4 is 5.91 Å². The number of amides is 1. The molecule has 0 saturated carbocycles. The van der Waals surface area contributed by atoms with Gasteiger partial charge >= 0.3 is 0 Å². The average Bonchev–Trinajstić information content (AvgIpc) is 2.39. The summed E-state index contributed by atoms with van der Waals surface area (Å²) in [4.78, 5) is 13.3. The van der Waals surface area contributed by atoms with Crippen LogP contribution in [0.3, 0.4) is 0 Å². The summed E-state index contributed by atoms with van der Waals surface area (Å²) in [7, 11) is 3.01. The van der Waals surface area contributed by atoms with E-state index in [1.165, 1.54) is 18.1 Å². The van der Waals surface area contributed by atoms with Crippen LogP contribution in [0, 0.1) is 11.6 Å². The highest BCUT2D eigenvalue weighted by Gasteiger charge is 2.23. The highest BCUT2D eigenvalue weighted by molar-refractivity contribution is 5.82. The minimum absolute atomic E-state index is 0.105. The van der Waals surface area contributed by atoms with E-state index in [2.05, 4.69) is 0 Å². The Hall–Kier alpha value is -1.53. The number of carbonyl (C=O) groups excluding carboxylic acids is 1. The molecule has 4 nitrogen and oxygen atoms in total. The average molecular weight is 272 g/mol. The van der Waals surface area contributed by atoms with E-state index in [4.69, 9.17) is 10.5 Å². The number of carbonyl (C=O) groups is 1. The minimum atomic E-state index is -0.939. The fourth-order valence-electron chi connectivity index (χ4n) is 1.70. The van der Waals surface area contributed by atoms with Gasteiger partial charge in [0.2, 0.25) is 5.91 Å². The van der Waals surface area contributed by atoms with Gasteiger partial charge in [0.1, 0.15) is 6.04 Å². The smallest absolute Gasteiger partial charge is 0.242 e. The number of benzene rings is 1. The number of ether oxygens (including phenoxy) is 1. The van der Waals surface area contributed by atoms with Gasteiger partial charge in [-0.3, -0.25) is 4.79 Å². The Morgan fingerprint density at radius 2 is 2.05 bits per heavy atom. The molecule has 19 heavy (non-hydrogen) atoms. The van der Waals surface area contributed by atoms with Crippen molar-refractivity contribution in [2.24, 2.45) is 5.73 Å². The van der Waals surface area contributed by atoms with Crippen LogP contribution in [-0.4, -0.2) is 37.6 Å². The number of methoxy groups -OCH3 is 1. The molecule has 0 fully saturated rings. The maximum Gasteiger partial charge on any atom is 0.242 e. The lowest BCUT2D eigenvalue weighted by molar-refractivity contribution is -0.134. The van der Waals surface area contributed by atoms with Crippen LogP contribution >= 0.6 is 0 Å². The van der Waals surface area contributed by atoms with Crippen LogP contribution in [0.5, 0.6) is 0 Å². The molecule has 0 aliphatic heterocycles. The minimum Gasteiger partial charge on any atom is -0.383 e. The molecule has 2 N–H and O–H groups in total. The van der Waals surface area contributed by atoms with Crippen molar-refractivity contribution in [2.45, 2.75) is 19.0 Å². The Kier molecular flexibility index (Phi) is 5.38. The highest BCUT2D eigenvalue weighted by Crippen LogP contribution is 2.21. The van der Waals surface area contributed by atoms with Crippen LogP contribution in [0.2, 0.25) is 0 Å². The summed E-state index contributed by atoms with van der Waals surface area (Å²) >= 11 is 0. The molecule has 0 saturated heterocycles. The molecule has 1 aromatic rings. The number of hydrogen-bond donors (Lipinski definition) is 1. The molecule has 1 aromatic carbocycles. The van der Waals surface area contributed by atoms with Gasteiger partial charge in [-0.25, -0.2) is 8.78 Å². The van der Waals surface area contributed by atoms with Crippen molar-refractivity contribution < 1.29 is 18.3 Å². The summed E-state index contributed by atoms with van der Waals surface area (Å²) in [5.74, 6) is -2.17. The van der Waals surface area contributed by atoms with E-state index in [-0.39, 0.29) is 12.5 Å². The second-order valence-electron chi connectivity index (χ2n) is 4.36. The zero-order valence-electron chi connectivity index (χ0n) is 11.2. The van der Waals surface area contributed by atoms with E-state index >= 15 is 0 Å². The Morgan fingerprint density at radius 3 is 2.58 bits per heavy atom. The molecule has 1 amide bonds. The van der Waals surface area contributed by atoms with E-state index < -0.39 is 23.7 Å². The van der Waals surface area contributed by atoms with Crippen LogP contribution in [0.4, 0.5) is 8.78 Å². The summed E-state index contributed by atoms with van der Waals surface area (Å²) in [6.07, 6.45) is 0. The summed E-state index contributed by atoms with van der Waals surface area (Å²) in [6.45, 7) is 1.82. The van der Waals surface area contributed by atoms with Crippen molar-refractivity contribution in [1.29, 1.82) is 0 Å². The van der Waals surface area contributed by atoms with Gasteiger partial charge in [-0.05, 0) is 24.6 Å². The van der Waals surface area contributed by atoms with E-state index in [0.29, 0.717) is 5.56 Å². The monoisotopic (exact) mass is 272 g/mol. The SMILES string of the molecule is COCC(N)C(=O)N(C)C(C)c1ccc(F)c(F)c1. The van der Waals surface area contributed by atoms with Gasteiger partial charge in [-0.2, -0.15) is 0 Å². The van der Waals surface area contributed by atoms with Gasteiger partial charge in [0.15, 0.2) is 11.6 Å². The molecule has 106 valence electrons. The molecular formula is C13H18F2N2O2. The number of nitrogens with zero attached hydrogens (tertiary/aromatic N) is 1. The first-order valence-corrected chi connectivity index (χ1v) is 5.84.